The molecule has 0 saturated heterocycles. The first-order valence-corrected chi connectivity index (χ1v) is 9.10. The lowest BCUT2D eigenvalue weighted by Crippen LogP contribution is -2.27. The van der Waals surface area contributed by atoms with Gasteiger partial charge in [-0.3, -0.25) is 10.1 Å². The SMILES string of the molecule is CC(C)(C)OC(=O)Nc1ccc(F)cc1NC(=O)CCCOc1cccc(F)c1. The van der Waals surface area contributed by atoms with Crippen molar-refractivity contribution in [2.75, 3.05) is 17.2 Å². The first-order valence-electron chi connectivity index (χ1n) is 9.10. The Labute approximate surface area is 168 Å². The Kier molecular flexibility index (Phi) is 7.52. The van der Waals surface area contributed by atoms with Gasteiger partial charge in [-0.2, -0.15) is 0 Å². The number of hydrogen-bond donors (Lipinski definition) is 2. The maximum atomic E-state index is 13.6. The second-order valence-electron chi connectivity index (χ2n) is 7.27. The molecule has 0 spiro atoms. The van der Waals surface area contributed by atoms with Crippen molar-refractivity contribution in [3.05, 3.63) is 54.1 Å². The standard InChI is InChI=1S/C21H24F2N2O4/c1-21(2,3)29-20(27)25-17-10-9-15(23)13-18(17)24-19(26)8-5-11-28-16-7-4-6-14(22)12-16/h4,6-7,9-10,12-13H,5,8,11H2,1-3H3,(H,24,26)(H,25,27). The number of ether oxygens (including phenoxy) is 2. The number of anilines is 2. The maximum Gasteiger partial charge on any atom is 0.412 e. The average Bonchev–Trinajstić information content (AvgIpc) is 2.59. The van der Waals surface area contributed by atoms with E-state index in [1.807, 2.05) is 0 Å². The Hall–Kier alpha value is -3.16. The Balaban J connectivity index is 1.88. The largest absolute Gasteiger partial charge is 0.493 e. The summed E-state index contributed by atoms with van der Waals surface area (Å²) in [5.41, 5.74) is -0.369. The lowest BCUT2D eigenvalue weighted by atomic mass is 10.2. The molecule has 2 rings (SSSR count). The van der Waals surface area contributed by atoms with Crippen molar-refractivity contribution in [1.82, 2.24) is 0 Å². The van der Waals surface area contributed by atoms with Gasteiger partial charge in [-0.05, 0) is 57.5 Å². The van der Waals surface area contributed by atoms with E-state index in [1.54, 1.807) is 26.8 Å². The van der Waals surface area contributed by atoms with Crippen LogP contribution >= 0.6 is 0 Å². The highest BCUT2D eigenvalue weighted by atomic mass is 19.1. The molecule has 0 bridgehead atoms. The second kappa shape index (κ2) is 9.86. The molecule has 29 heavy (non-hydrogen) atoms. The molecule has 8 heteroatoms. The van der Waals surface area contributed by atoms with E-state index in [9.17, 15) is 18.4 Å². The van der Waals surface area contributed by atoms with Gasteiger partial charge in [-0.15, -0.1) is 0 Å². The number of carbonyl (C=O) groups is 2. The molecule has 0 unspecified atom stereocenters. The molecule has 2 amide bonds. The van der Waals surface area contributed by atoms with Crippen LogP contribution in [0.4, 0.5) is 25.0 Å². The van der Waals surface area contributed by atoms with E-state index in [0.717, 1.165) is 12.1 Å². The highest BCUT2D eigenvalue weighted by molar-refractivity contribution is 5.97. The molecule has 6 nitrogen and oxygen atoms in total. The third-order valence-electron chi connectivity index (χ3n) is 3.50. The number of benzene rings is 2. The molecule has 0 saturated carbocycles. The summed E-state index contributed by atoms with van der Waals surface area (Å²) < 4.78 is 37.2. The van der Waals surface area contributed by atoms with Gasteiger partial charge in [0, 0.05) is 12.5 Å². The summed E-state index contributed by atoms with van der Waals surface area (Å²) in [4.78, 5) is 24.1. The zero-order valence-corrected chi connectivity index (χ0v) is 16.6. The Bertz CT molecular complexity index is 866. The van der Waals surface area contributed by atoms with Gasteiger partial charge in [0.1, 0.15) is 23.0 Å². The van der Waals surface area contributed by atoms with Gasteiger partial charge in [-0.25, -0.2) is 13.6 Å². The molecule has 0 aliphatic rings. The molecule has 0 heterocycles. The van der Waals surface area contributed by atoms with Gasteiger partial charge in [-0.1, -0.05) is 6.07 Å². The van der Waals surface area contributed by atoms with Crippen molar-refractivity contribution in [1.29, 1.82) is 0 Å². The minimum Gasteiger partial charge on any atom is -0.493 e. The Morgan fingerprint density at radius 2 is 1.69 bits per heavy atom. The highest BCUT2D eigenvalue weighted by Gasteiger charge is 2.18. The lowest BCUT2D eigenvalue weighted by molar-refractivity contribution is -0.116. The van der Waals surface area contributed by atoms with Gasteiger partial charge in [0.2, 0.25) is 5.91 Å². The fourth-order valence-electron chi connectivity index (χ4n) is 2.33. The van der Waals surface area contributed by atoms with Crippen LogP contribution in [0.1, 0.15) is 33.6 Å². The molecule has 0 fully saturated rings. The molecule has 0 aromatic heterocycles. The van der Waals surface area contributed by atoms with Crippen LogP contribution in [0.2, 0.25) is 0 Å². The van der Waals surface area contributed by atoms with Crippen LogP contribution in [0.15, 0.2) is 42.5 Å². The number of hydrogen-bond acceptors (Lipinski definition) is 4. The van der Waals surface area contributed by atoms with Crippen LogP contribution in [0.3, 0.4) is 0 Å². The van der Waals surface area contributed by atoms with E-state index in [1.165, 1.54) is 24.3 Å². The quantitative estimate of drug-likeness (QED) is 0.627. The van der Waals surface area contributed by atoms with E-state index in [0.29, 0.717) is 12.2 Å². The minimum absolute atomic E-state index is 0.0949. The van der Waals surface area contributed by atoms with Crippen LogP contribution in [0.5, 0.6) is 5.75 Å². The zero-order valence-electron chi connectivity index (χ0n) is 16.6. The lowest BCUT2D eigenvalue weighted by Gasteiger charge is -2.20. The molecule has 0 aliphatic heterocycles. The smallest absolute Gasteiger partial charge is 0.412 e. The summed E-state index contributed by atoms with van der Waals surface area (Å²) in [6.07, 6.45) is -0.257. The van der Waals surface area contributed by atoms with Crippen molar-refractivity contribution in [2.24, 2.45) is 0 Å². The first-order chi connectivity index (χ1) is 13.6. The molecule has 2 N–H and O–H groups in total. The summed E-state index contributed by atoms with van der Waals surface area (Å²) in [6, 6.07) is 9.31. The Morgan fingerprint density at radius 3 is 2.38 bits per heavy atom. The zero-order chi connectivity index (χ0) is 21.4. The first kappa shape index (κ1) is 22.1. The number of amides is 2. The van der Waals surface area contributed by atoms with Crippen LogP contribution in [0.25, 0.3) is 0 Å². The Morgan fingerprint density at radius 1 is 0.966 bits per heavy atom. The summed E-state index contributed by atoms with van der Waals surface area (Å²) in [7, 11) is 0. The molecule has 0 atom stereocenters. The number of nitrogens with one attached hydrogen (secondary N) is 2. The summed E-state index contributed by atoms with van der Waals surface area (Å²) in [5.74, 6) is -0.981. The van der Waals surface area contributed by atoms with Gasteiger partial charge in [0.15, 0.2) is 0 Å². The molecular weight excluding hydrogens is 382 g/mol. The maximum absolute atomic E-state index is 13.6. The molecule has 0 aliphatic carbocycles. The van der Waals surface area contributed by atoms with Gasteiger partial charge in [0.05, 0.1) is 18.0 Å². The average molecular weight is 406 g/mol. The fraction of sp³-hybridized carbons (Fsp3) is 0.333. The van der Waals surface area contributed by atoms with Gasteiger partial charge >= 0.3 is 6.09 Å². The number of carbonyl (C=O) groups excluding carboxylic acids is 2. The summed E-state index contributed by atoms with van der Waals surface area (Å²) in [6.45, 7) is 5.35. The normalized spacial score (nSPS) is 10.9. The van der Waals surface area contributed by atoms with E-state index >= 15 is 0 Å². The van der Waals surface area contributed by atoms with Crippen molar-refractivity contribution in [3.63, 3.8) is 0 Å². The third kappa shape index (κ3) is 8.16. The van der Waals surface area contributed by atoms with Crippen LogP contribution in [-0.4, -0.2) is 24.2 Å². The molecule has 2 aromatic carbocycles. The van der Waals surface area contributed by atoms with E-state index in [2.05, 4.69) is 10.6 Å². The van der Waals surface area contributed by atoms with E-state index in [-0.39, 0.29) is 30.3 Å². The second-order valence-corrected chi connectivity index (χ2v) is 7.27. The van der Waals surface area contributed by atoms with E-state index < -0.39 is 23.3 Å². The predicted octanol–water partition coefficient (Wildman–Crippen LogP) is 5.11. The predicted molar refractivity (Wildman–Crippen MR) is 106 cm³/mol. The number of halogens is 2. The molecule has 156 valence electrons. The van der Waals surface area contributed by atoms with Crippen LogP contribution in [0, 0.1) is 11.6 Å². The van der Waals surface area contributed by atoms with Crippen molar-refractivity contribution in [3.8, 4) is 5.75 Å². The van der Waals surface area contributed by atoms with Crippen LogP contribution < -0.4 is 15.4 Å². The molecular formula is C21H24F2N2O4. The fourth-order valence-corrected chi connectivity index (χ4v) is 2.33. The van der Waals surface area contributed by atoms with Crippen molar-refractivity contribution < 1.29 is 27.8 Å². The van der Waals surface area contributed by atoms with Crippen LogP contribution in [-0.2, 0) is 9.53 Å². The third-order valence-corrected chi connectivity index (χ3v) is 3.50. The topological polar surface area (TPSA) is 76.7 Å². The number of rotatable bonds is 7. The monoisotopic (exact) mass is 406 g/mol. The summed E-state index contributed by atoms with van der Waals surface area (Å²) >= 11 is 0. The van der Waals surface area contributed by atoms with Crippen molar-refractivity contribution >= 4 is 23.4 Å². The highest BCUT2D eigenvalue weighted by Crippen LogP contribution is 2.24. The minimum atomic E-state index is -0.719. The molecule has 0 radical (unpaired) electrons. The van der Waals surface area contributed by atoms with Crippen molar-refractivity contribution in [2.45, 2.75) is 39.2 Å². The van der Waals surface area contributed by atoms with E-state index in [4.69, 9.17) is 9.47 Å². The molecule has 2 aromatic rings. The summed E-state index contributed by atoms with van der Waals surface area (Å²) in [5, 5.41) is 5.05. The van der Waals surface area contributed by atoms with Gasteiger partial charge < -0.3 is 14.8 Å². The van der Waals surface area contributed by atoms with Gasteiger partial charge in [0.25, 0.3) is 0 Å².